The highest BCUT2D eigenvalue weighted by atomic mass is 16.3. The molecule has 1 aromatic heterocycles. The Morgan fingerprint density at radius 3 is 2.84 bits per heavy atom. The highest BCUT2D eigenvalue weighted by Gasteiger charge is 2.31. The molecule has 0 unspecified atom stereocenters. The zero-order valence-corrected chi connectivity index (χ0v) is 14.7. The van der Waals surface area contributed by atoms with E-state index in [4.69, 9.17) is 0 Å². The smallest absolute Gasteiger partial charge is 0.274 e. The average molecular weight is 342 g/mol. The molecule has 0 saturated carbocycles. The summed E-state index contributed by atoms with van der Waals surface area (Å²) in [6, 6.07) is 11.9. The van der Waals surface area contributed by atoms with Crippen LogP contribution in [0, 0.1) is 0 Å². The van der Waals surface area contributed by atoms with Gasteiger partial charge in [0.25, 0.3) is 5.91 Å². The molecule has 1 fully saturated rings. The number of hydrogen-bond donors (Lipinski definition) is 2. The Morgan fingerprint density at radius 2 is 2.12 bits per heavy atom. The number of carbonyl (C=O) groups excluding carboxylic acids is 1. The van der Waals surface area contributed by atoms with Crippen molar-refractivity contribution in [1.82, 2.24) is 20.0 Å². The largest absolute Gasteiger partial charge is 0.394 e. The predicted octanol–water partition coefficient (Wildman–Crippen LogP) is 1.68. The van der Waals surface area contributed by atoms with Crippen molar-refractivity contribution in [3.63, 3.8) is 0 Å². The second-order valence-electron chi connectivity index (χ2n) is 6.58. The molecule has 134 valence electrons. The minimum Gasteiger partial charge on any atom is -0.394 e. The fourth-order valence-corrected chi connectivity index (χ4v) is 3.34. The first kappa shape index (κ1) is 17.6. The maximum atomic E-state index is 12.8. The summed E-state index contributed by atoms with van der Waals surface area (Å²) in [4.78, 5) is 16.8. The van der Waals surface area contributed by atoms with Crippen molar-refractivity contribution < 1.29 is 9.90 Å². The Morgan fingerprint density at radius 1 is 1.32 bits per heavy atom. The lowest BCUT2D eigenvalue weighted by Crippen LogP contribution is -2.56. The van der Waals surface area contributed by atoms with Crippen molar-refractivity contribution in [1.29, 1.82) is 0 Å². The number of nitrogens with one attached hydrogen (secondary N) is 1. The van der Waals surface area contributed by atoms with Gasteiger partial charge in [0.15, 0.2) is 0 Å². The molecule has 25 heavy (non-hydrogen) atoms. The normalized spacial score (nSPS) is 18.5. The molecule has 0 bridgehead atoms. The van der Waals surface area contributed by atoms with E-state index in [0.717, 1.165) is 31.6 Å². The van der Waals surface area contributed by atoms with Crippen molar-refractivity contribution in [2.75, 3.05) is 26.2 Å². The lowest BCUT2D eigenvalue weighted by Gasteiger charge is -2.40. The molecule has 1 aromatic carbocycles. The van der Waals surface area contributed by atoms with Crippen LogP contribution in [-0.2, 0) is 13.0 Å². The second-order valence-corrected chi connectivity index (χ2v) is 6.58. The van der Waals surface area contributed by atoms with Crippen LogP contribution >= 0.6 is 0 Å². The highest BCUT2D eigenvalue weighted by Crippen LogP contribution is 2.16. The SMILES string of the molecule is CCCc1cc(C(=O)N2CCN(Cc3ccccc3)C[C@H]2CO)n[nH]1. The van der Waals surface area contributed by atoms with E-state index in [2.05, 4.69) is 34.2 Å². The van der Waals surface area contributed by atoms with Crippen LogP contribution in [0.5, 0.6) is 0 Å². The molecule has 2 heterocycles. The molecule has 1 amide bonds. The number of aromatic amines is 1. The van der Waals surface area contributed by atoms with Crippen LogP contribution in [0.25, 0.3) is 0 Å². The summed E-state index contributed by atoms with van der Waals surface area (Å²) in [6.45, 7) is 4.96. The van der Waals surface area contributed by atoms with E-state index in [1.165, 1.54) is 5.56 Å². The maximum absolute atomic E-state index is 12.8. The van der Waals surface area contributed by atoms with Crippen molar-refractivity contribution in [3.8, 4) is 0 Å². The van der Waals surface area contributed by atoms with Crippen molar-refractivity contribution in [2.45, 2.75) is 32.4 Å². The zero-order chi connectivity index (χ0) is 17.6. The molecule has 2 aromatic rings. The van der Waals surface area contributed by atoms with E-state index < -0.39 is 0 Å². The Kier molecular flexibility index (Phi) is 5.83. The van der Waals surface area contributed by atoms with Crippen LogP contribution in [-0.4, -0.2) is 63.3 Å². The first-order valence-electron chi connectivity index (χ1n) is 8.93. The fourth-order valence-electron chi connectivity index (χ4n) is 3.34. The topological polar surface area (TPSA) is 72.5 Å². The highest BCUT2D eigenvalue weighted by molar-refractivity contribution is 5.92. The van der Waals surface area contributed by atoms with E-state index >= 15 is 0 Å². The third kappa shape index (κ3) is 4.27. The standard InChI is InChI=1S/C19H26N4O2/c1-2-6-16-11-18(21-20-16)19(25)23-10-9-22(13-17(23)14-24)12-15-7-4-3-5-8-15/h3-5,7-8,11,17,24H,2,6,9-10,12-14H2,1H3,(H,20,21)/t17-/m0/s1. The molecule has 1 aliphatic heterocycles. The molecule has 0 aliphatic carbocycles. The number of rotatable bonds is 6. The van der Waals surface area contributed by atoms with Gasteiger partial charge in [-0.1, -0.05) is 43.7 Å². The molecule has 1 aliphatic rings. The van der Waals surface area contributed by atoms with E-state index in [9.17, 15) is 9.90 Å². The van der Waals surface area contributed by atoms with Gasteiger partial charge < -0.3 is 10.0 Å². The Bertz CT molecular complexity index is 686. The van der Waals surface area contributed by atoms with Gasteiger partial charge in [-0.15, -0.1) is 0 Å². The van der Waals surface area contributed by atoms with Crippen LogP contribution < -0.4 is 0 Å². The van der Waals surface area contributed by atoms with E-state index in [1.807, 2.05) is 24.3 Å². The number of piperazine rings is 1. The molecule has 0 spiro atoms. The van der Waals surface area contributed by atoms with Crippen LogP contribution in [0.15, 0.2) is 36.4 Å². The third-order valence-corrected chi connectivity index (χ3v) is 4.66. The van der Waals surface area contributed by atoms with E-state index in [-0.39, 0.29) is 18.6 Å². The van der Waals surface area contributed by atoms with Gasteiger partial charge in [0.05, 0.1) is 12.6 Å². The lowest BCUT2D eigenvalue weighted by atomic mass is 10.1. The fraction of sp³-hybridized carbons (Fsp3) is 0.474. The zero-order valence-electron chi connectivity index (χ0n) is 14.7. The summed E-state index contributed by atoms with van der Waals surface area (Å²) in [6.07, 6.45) is 1.89. The number of amides is 1. The summed E-state index contributed by atoms with van der Waals surface area (Å²) in [7, 11) is 0. The summed E-state index contributed by atoms with van der Waals surface area (Å²) in [5.41, 5.74) is 2.67. The van der Waals surface area contributed by atoms with E-state index in [0.29, 0.717) is 18.8 Å². The molecule has 6 heteroatoms. The average Bonchev–Trinajstić information content (AvgIpc) is 3.11. The number of nitrogens with zero attached hydrogens (tertiary/aromatic N) is 3. The van der Waals surface area contributed by atoms with Crippen LogP contribution in [0.1, 0.15) is 35.1 Å². The monoisotopic (exact) mass is 342 g/mol. The number of aryl methyl sites for hydroxylation is 1. The number of hydrogen-bond acceptors (Lipinski definition) is 4. The molecule has 6 nitrogen and oxygen atoms in total. The van der Waals surface area contributed by atoms with Gasteiger partial charge in [-0.2, -0.15) is 5.10 Å². The molecule has 1 atom stereocenters. The minimum atomic E-state index is -0.198. The summed E-state index contributed by atoms with van der Waals surface area (Å²) in [5, 5.41) is 16.9. The van der Waals surface area contributed by atoms with Gasteiger partial charge in [0.1, 0.15) is 5.69 Å². The first-order valence-corrected chi connectivity index (χ1v) is 8.93. The maximum Gasteiger partial charge on any atom is 0.274 e. The molecular weight excluding hydrogens is 316 g/mol. The Labute approximate surface area is 148 Å². The van der Waals surface area contributed by atoms with E-state index in [1.54, 1.807) is 4.90 Å². The number of carbonyl (C=O) groups is 1. The first-order chi connectivity index (χ1) is 12.2. The predicted molar refractivity (Wildman–Crippen MR) is 96.2 cm³/mol. The third-order valence-electron chi connectivity index (χ3n) is 4.66. The van der Waals surface area contributed by atoms with Crippen LogP contribution in [0.2, 0.25) is 0 Å². The molecule has 1 saturated heterocycles. The Hall–Kier alpha value is -2.18. The molecular formula is C19H26N4O2. The number of aliphatic hydroxyl groups is 1. The molecule has 2 N–H and O–H groups in total. The van der Waals surface area contributed by atoms with Crippen molar-refractivity contribution >= 4 is 5.91 Å². The van der Waals surface area contributed by atoms with Crippen LogP contribution in [0.4, 0.5) is 0 Å². The van der Waals surface area contributed by atoms with Gasteiger partial charge in [0.2, 0.25) is 0 Å². The van der Waals surface area contributed by atoms with Crippen molar-refractivity contribution in [3.05, 3.63) is 53.3 Å². The number of aliphatic hydroxyl groups excluding tert-OH is 1. The number of aromatic nitrogens is 2. The summed E-state index contributed by atoms with van der Waals surface area (Å²) >= 11 is 0. The number of benzene rings is 1. The second kappa shape index (κ2) is 8.27. The molecule has 3 rings (SSSR count). The van der Waals surface area contributed by atoms with Gasteiger partial charge in [-0.25, -0.2) is 0 Å². The minimum absolute atomic E-state index is 0.0384. The summed E-state index contributed by atoms with van der Waals surface area (Å²) in [5.74, 6) is -0.1000. The Balaban J connectivity index is 1.64. The summed E-state index contributed by atoms with van der Waals surface area (Å²) < 4.78 is 0. The van der Waals surface area contributed by atoms with Gasteiger partial charge in [-0.3, -0.25) is 14.8 Å². The van der Waals surface area contributed by atoms with Gasteiger partial charge in [0, 0.05) is 31.9 Å². The van der Waals surface area contributed by atoms with Crippen LogP contribution in [0.3, 0.4) is 0 Å². The number of H-pyrrole nitrogens is 1. The quantitative estimate of drug-likeness (QED) is 0.838. The lowest BCUT2D eigenvalue weighted by molar-refractivity contribution is 0.0277. The molecule has 0 radical (unpaired) electrons. The van der Waals surface area contributed by atoms with Crippen molar-refractivity contribution in [2.24, 2.45) is 0 Å². The van der Waals surface area contributed by atoms with Gasteiger partial charge >= 0.3 is 0 Å². The van der Waals surface area contributed by atoms with Gasteiger partial charge in [-0.05, 0) is 18.1 Å².